The smallest absolute Gasteiger partial charge is 0.407 e. The topological polar surface area (TPSA) is 38.3 Å². The first kappa shape index (κ1) is 12.2. The van der Waals surface area contributed by atoms with Crippen LogP contribution in [0.25, 0.3) is 0 Å². The van der Waals surface area contributed by atoms with Crippen molar-refractivity contribution in [2.75, 3.05) is 6.61 Å². The maximum Gasteiger partial charge on any atom is 0.407 e. The van der Waals surface area contributed by atoms with Gasteiger partial charge in [0.15, 0.2) is 0 Å². The number of nitrogens with one attached hydrogen (secondary N) is 1. The molecule has 2 rings (SSSR count). The fourth-order valence-corrected chi connectivity index (χ4v) is 2.76. The van der Waals surface area contributed by atoms with Crippen LogP contribution in [0.15, 0.2) is 23.8 Å². The molecule has 0 spiro atoms. The van der Waals surface area contributed by atoms with E-state index in [1.807, 2.05) is 6.92 Å². The highest BCUT2D eigenvalue weighted by molar-refractivity contribution is 5.70. The van der Waals surface area contributed by atoms with E-state index in [9.17, 15) is 4.79 Å². The van der Waals surface area contributed by atoms with Crippen molar-refractivity contribution in [2.24, 2.45) is 11.3 Å². The number of hydrogen-bond acceptors (Lipinski definition) is 2. The lowest BCUT2D eigenvalue weighted by Gasteiger charge is -2.17. The highest BCUT2D eigenvalue weighted by Crippen LogP contribution is 2.65. The van der Waals surface area contributed by atoms with Gasteiger partial charge >= 0.3 is 6.09 Å². The second-order valence-electron chi connectivity index (χ2n) is 5.47. The van der Waals surface area contributed by atoms with Gasteiger partial charge < -0.3 is 10.1 Å². The van der Waals surface area contributed by atoms with Crippen molar-refractivity contribution in [3.05, 3.63) is 23.8 Å². The number of ether oxygens (including phenoxy) is 1. The molecule has 94 valence electrons. The molecule has 0 heterocycles. The SMILES string of the molecule is CCCOC(=O)NC1(C)C2C=C(C)C=CC21C. The first-order valence-electron chi connectivity index (χ1n) is 6.26. The van der Waals surface area contributed by atoms with Gasteiger partial charge in [0.25, 0.3) is 0 Å². The van der Waals surface area contributed by atoms with Gasteiger partial charge in [0.05, 0.1) is 12.1 Å². The maximum absolute atomic E-state index is 11.6. The predicted molar refractivity (Wildman–Crippen MR) is 67.7 cm³/mol. The summed E-state index contributed by atoms with van der Waals surface area (Å²) in [7, 11) is 0. The Labute approximate surface area is 103 Å². The maximum atomic E-state index is 11.6. The van der Waals surface area contributed by atoms with Gasteiger partial charge in [-0.15, -0.1) is 0 Å². The van der Waals surface area contributed by atoms with E-state index in [4.69, 9.17) is 4.74 Å². The molecule has 1 saturated carbocycles. The molecule has 1 amide bonds. The van der Waals surface area contributed by atoms with Gasteiger partial charge in [0.2, 0.25) is 0 Å². The van der Waals surface area contributed by atoms with E-state index in [1.165, 1.54) is 5.57 Å². The van der Waals surface area contributed by atoms with Gasteiger partial charge in [0, 0.05) is 11.3 Å². The van der Waals surface area contributed by atoms with Crippen molar-refractivity contribution in [3.8, 4) is 0 Å². The van der Waals surface area contributed by atoms with E-state index in [-0.39, 0.29) is 17.0 Å². The van der Waals surface area contributed by atoms with Crippen LogP contribution in [0.5, 0.6) is 0 Å². The molecule has 3 nitrogen and oxygen atoms in total. The second-order valence-corrected chi connectivity index (χ2v) is 5.47. The highest BCUT2D eigenvalue weighted by atomic mass is 16.5. The van der Waals surface area contributed by atoms with Crippen LogP contribution in [0.2, 0.25) is 0 Å². The first-order valence-corrected chi connectivity index (χ1v) is 6.26. The van der Waals surface area contributed by atoms with E-state index in [1.54, 1.807) is 0 Å². The first-order chi connectivity index (χ1) is 7.94. The molecule has 2 aliphatic rings. The quantitative estimate of drug-likeness (QED) is 0.816. The lowest BCUT2D eigenvalue weighted by molar-refractivity contribution is 0.139. The largest absolute Gasteiger partial charge is 0.450 e. The molecule has 0 radical (unpaired) electrons. The Kier molecular flexibility index (Phi) is 2.80. The zero-order valence-corrected chi connectivity index (χ0v) is 11.0. The molecule has 0 aliphatic heterocycles. The van der Waals surface area contributed by atoms with E-state index >= 15 is 0 Å². The summed E-state index contributed by atoms with van der Waals surface area (Å²) in [6.07, 6.45) is 7.11. The van der Waals surface area contributed by atoms with Crippen molar-refractivity contribution in [1.29, 1.82) is 0 Å². The molecule has 0 aromatic rings. The number of rotatable bonds is 3. The zero-order valence-electron chi connectivity index (χ0n) is 11.0. The van der Waals surface area contributed by atoms with Gasteiger partial charge in [0.1, 0.15) is 0 Å². The number of fused-ring (bicyclic) bond motifs is 1. The van der Waals surface area contributed by atoms with Crippen LogP contribution < -0.4 is 5.32 Å². The Hall–Kier alpha value is -1.25. The molecule has 1 fully saturated rings. The van der Waals surface area contributed by atoms with Crippen molar-refractivity contribution >= 4 is 6.09 Å². The van der Waals surface area contributed by atoms with Gasteiger partial charge in [-0.1, -0.05) is 37.6 Å². The molecule has 3 unspecified atom stereocenters. The van der Waals surface area contributed by atoms with Gasteiger partial charge in [-0.3, -0.25) is 0 Å². The minimum Gasteiger partial charge on any atom is -0.450 e. The molecule has 0 bridgehead atoms. The molecule has 1 N–H and O–H groups in total. The van der Waals surface area contributed by atoms with Crippen LogP contribution >= 0.6 is 0 Å². The summed E-state index contributed by atoms with van der Waals surface area (Å²) < 4.78 is 5.09. The third-order valence-corrected chi connectivity index (χ3v) is 4.22. The van der Waals surface area contributed by atoms with Crippen molar-refractivity contribution in [2.45, 2.75) is 39.7 Å². The van der Waals surface area contributed by atoms with Crippen LogP contribution in [0, 0.1) is 11.3 Å². The van der Waals surface area contributed by atoms with E-state index < -0.39 is 0 Å². The van der Waals surface area contributed by atoms with Crippen LogP contribution in [0.4, 0.5) is 4.79 Å². The third-order valence-electron chi connectivity index (χ3n) is 4.22. The molecular formula is C14H21NO2. The number of carbonyl (C=O) groups excluding carboxylic acids is 1. The molecule has 0 aromatic heterocycles. The molecule has 0 aromatic carbocycles. The summed E-state index contributed by atoms with van der Waals surface area (Å²) in [6.45, 7) is 8.82. The van der Waals surface area contributed by atoms with E-state index in [2.05, 4.69) is 44.3 Å². The normalized spacial score (nSPS) is 38.1. The van der Waals surface area contributed by atoms with Crippen LogP contribution in [-0.2, 0) is 4.74 Å². The summed E-state index contributed by atoms with van der Waals surface area (Å²) in [5.41, 5.74) is 1.10. The molecular weight excluding hydrogens is 214 g/mol. The van der Waals surface area contributed by atoms with Crippen molar-refractivity contribution in [3.63, 3.8) is 0 Å². The lowest BCUT2D eigenvalue weighted by atomic mass is 9.97. The summed E-state index contributed by atoms with van der Waals surface area (Å²) in [6, 6.07) is 0. The van der Waals surface area contributed by atoms with Gasteiger partial charge in [-0.05, 0) is 20.3 Å². The second kappa shape index (κ2) is 3.90. The number of alkyl carbamates (subject to hydrolysis) is 1. The Morgan fingerprint density at radius 1 is 1.53 bits per heavy atom. The van der Waals surface area contributed by atoms with E-state index in [0.29, 0.717) is 12.5 Å². The Bertz CT molecular complexity index is 399. The Balaban J connectivity index is 2.03. The summed E-state index contributed by atoms with van der Waals surface area (Å²) >= 11 is 0. The third kappa shape index (κ3) is 1.78. The molecule has 17 heavy (non-hydrogen) atoms. The zero-order chi connectivity index (χ0) is 12.7. The van der Waals surface area contributed by atoms with Crippen LogP contribution in [0.1, 0.15) is 34.1 Å². The average molecular weight is 235 g/mol. The summed E-state index contributed by atoms with van der Waals surface area (Å²) in [5.74, 6) is 0.383. The summed E-state index contributed by atoms with van der Waals surface area (Å²) in [5, 5.41) is 3.01. The molecule has 3 heteroatoms. The molecule has 2 aliphatic carbocycles. The monoisotopic (exact) mass is 235 g/mol. The standard InChI is InChI=1S/C14H21NO2/c1-5-8-17-12(16)15-14(4)11-9-10(2)6-7-13(11,14)3/h6-7,9,11H,5,8H2,1-4H3,(H,15,16). The molecule has 3 atom stereocenters. The predicted octanol–water partition coefficient (Wildman–Crippen LogP) is 3.03. The fraction of sp³-hybridized carbons (Fsp3) is 0.643. The molecule has 0 saturated heterocycles. The van der Waals surface area contributed by atoms with Crippen molar-refractivity contribution < 1.29 is 9.53 Å². The van der Waals surface area contributed by atoms with Crippen molar-refractivity contribution in [1.82, 2.24) is 5.32 Å². The number of allylic oxidation sites excluding steroid dienone is 2. The highest BCUT2D eigenvalue weighted by Gasteiger charge is 2.70. The van der Waals surface area contributed by atoms with Gasteiger partial charge in [-0.25, -0.2) is 4.79 Å². The number of hydrogen-bond donors (Lipinski definition) is 1. The number of carbonyl (C=O) groups is 1. The average Bonchev–Trinajstić information content (AvgIpc) is 2.73. The van der Waals surface area contributed by atoms with Crippen LogP contribution in [-0.4, -0.2) is 18.2 Å². The minimum absolute atomic E-state index is 0.0394. The number of amides is 1. The lowest BCUT2D eigenvalue weighted by Crippen LogP contribution is -2.39. The van der Waals surface area contributed by atoms with Crippen LogP contribution in [0.3, 0.4) is 0 Å². The summed E-state index contributed by atoms with van der Waals surface area (Å²) in [4.78, 5) is 11.6. The Morgan fingerprint density at radius 3 is 2.82 bits per heavy atom. The minimum atomic E-state index is -0.301. The van der Waals surface area contributed by atoms with Gasteiger partial charge in [-0.2, -0.15) is 0 Å². The Morgan fingerprint density at radius 2 is 2.24 bits per heavy atom. The fourth-order valence-electron chi connectivity index (χ4n) is 2.76. The van der Waals surface area contributed by atoms with E-state index in [0.717, 1.165) is 6.42 Å².